The fourth-order valence-electron chi connectivity index (χ4n) is 1.87. The van der Waals surface area contributed by atoms with Crippen molar-refractivity contribution in [1.29, 1.82) is 0 Å². The molecule has 0 radical (unpaired) electrons. The maximum atomic E-state index is 11.0. The van der Waals surface area contributed by atoms with Crippen molar-refractivity contribution in [2.24, 2.45) is 21.6 Å². The molecule has 1 saturated heterocycles. The molecule has 5 N–H and O–H groups in total. The molecule has 1 fully saturated rings. The maximum Gasteiger partial charge on any atom is 0.302 e. The first kappa shape index (κ1) is 19.2. The van der Waals surface area contributed by atoms with Gasteiger partial charge in [0.15, 0.2) is 6.23 Å². The van der Waals surface area contributed by atoms with Crippen LogP contribution in [-0.2, 0) is 19.1 Å². The van der Waals surface area contributed by atoms with Gasteiger partial charge in [-0.25, -0.2) is 4.99 Å². The van der Waals surface area contributed by atoms with Gasteiger partial charge in [0.05, 0.1) is 12.5 Å². The Morgan fingerprint density at radius 3 is 2.48 bits per heavy atom. The average Bonchev–Trinajstić information content (AvgIpc) is 2.73. The highest BCUT2D eigenvalue weighted by atomic mass is 16.6. The standard InChI is InChI=1S/C13H21N3O7/c1-6(18)16-12(14)8(5-22-7(2)19)3-15-13-11(21)10(20)9(4-17)23-13/h3,8-11,13,17,20-21H,4-5H2,1-2H3,(H2,14,16,18). The molecule has 0 aromatic rings. The summed E-state index contributed by atoms with van der Waals surface area (Å²) in [5, 5.41) is 28.4. The lowest BCUT2D eigenvalue weighted by Crippen LogP contribution is -2.34. The Balaban J connectivity index is 2.83. The van der Waals surface area contributed by atoms with Gasteiger partial charge in [-0.15, -0.1) is 0 Å². The topological polar surface area (TPSA) is 164 Å². The first-order valence-corrected chi connectivity index (χ1v) is 6.90. The van der Waals surface area contributed by atoms with Crippen LogP contribution >= 0.6 is 0 Å². The van der Waals surface area contributed by atoms with Crippen LogP contribution < -0.4 is 5.73 Å². The number of rotatable bonds is 6. The third kappa shape index (κ3) is 5.67. The van der Waals surface area contributed by atoms with Gasteiger partial charge in [0.25, 0.3) is 0 Å². The molecular weight excluding hydrogens is 310 g/mol. The third-order valence-corrected chi connectivity index (χ3v) is 3.06. The van der Waals surface area contributed by atoms with E-state index in [0.29, 0.717) is 0 Å². The lowest BCUT2D eigenvalue weighted by molar-refractivity contribution is -0.141. The van der Waals surface area contributed by atoms with E-state index in [1.807, 2.05) is 0 Å². The van der Waals surface area contributed by atoms with Crippen molar-refractivity contribution in [1.82, 2.24) is 0 Å². The maximum absolute atomic E-state index is 11.0. The van der Waals surface area contributed by atoms with Crippen molar-refractivity contribution in [3.63, 3.8) is 0 Å². The molecule has 0 aliphatic carbocycles. The minimum atomic E-state index is -1.33. The first-order valence-electron chi connectivity index (χ1n) is 6.90. The monoisotopic (exact) mass is 331 g/mol. The Morgan fingerprint density at radius 2 is 2.00 bits per heavy atom. The highest BCUT2D eigenvalue weighted by Crippen LogP contribution is 2.21. The molecule has 1 aliphatic heterocycles. The first-order chi connectivity index (χ1) is 10.8. The van der Waals surface area contributed by atoms with Gasteiger partial charge in [0.2, 0.25) is 5.91 Å². The summed E-state index contributed by atoms with van der Waals surface area (Å²) < 4.78 is 9.99. The van der Waals surface area contributed by atoms with Crippen LogP contribution in [0.5, 0.6) is 0 Å². The van der Waals surface area contributed by atoms with Crippen LogP contribution in [0.15, 0.2) is 9.98 Å². The number of amidine groups is 1. The van der Waals surface area contributed by atoms with E-state index in [9.17, 15) is 19.8 Å². The van der Waals surface area contributed by atoms with Crippen LogP contribution in [0, 0.1) is 5.92 Å². The number of hydrogen-bond donors (Lipinski definition) is 4. The number of amides is 1. The van der Waals surface area contributed by atoms with Crippen molar-refractivity contribution in [2.75, 3.05) is 13.2 Å². The van der Waals surface area contributed by atoms with Gasteiger partial charge in [-0.1, -0.05) is 0 Å². The molecule has 130 valence electrons. The highest BCUT2D eigenvalue weighted by molar-refractivity contribution is 6.01. The van der Waals surface area contributed by atoms with Gasteiger partial charge in [0.1, 0.15) is 30.8 Å². The fourth-order valence-corrected chi connectivity index (χ4v) is 1.87. The van der Waals surface area contributed by atoms with Crippen molar-refractivity contribution < 1.29 is 34.4 Å². The van der Waals surface area contributed by atoms with E-state index in [1.165, 1.54) is 20.1 Å². The van der Waals surface area contributed by atoms with E-state index in [-0.39, 0.29) is 12.4 Å². The normalized spacial score (nSPS) is 29.7. The van der Waals surface area contributed by atoms with Gasteiger partial charge in [-0.3, -0.25) is 14.6 Å². The second-order valence-electron chi connectivity index (χ2n) is 4.99. The molecule has 5 unspecified atom stereocenters. The molecule has 0 aromatic heterocycles. The lowest BCUT2D eigenvalue weighted by atomic mass is 10.1. The predicted octanol–water partition coefficient (Wildman–Crippen LogP) is -2.42. The van der Waals surface area contributed by atoms with Gasteiger partial charge < -0.3 is 30.5 Å². The Labute approximate surface area is 132 Å². The summed E-state index contributed by atoms with van der Waals surface area (Å²) in [5.74, 6) is -2.00. The summed E-state index contributed by atoms with van der Waals surface area (Å²) in [5.41, 5.74) is 5.66. The molecule has 0 aromatic carbocycles. The number of aliphatic hydroxyl groups excluding tert-OH is 3. The quantitative estimate of drug-likeness (QED) is 0.237. The summed E-state index contributed by atoms with van der Waals surface area (Å²) in [4.78, 5) is 29.4. The molecule has 0 saturated carbocycles. The number of aliphatic hydroxyl groups is 3. The molecule has 1 aliphatic rings. The van der Waals surface area contributed by atoms with Crippen LogP contribution in [0.1, 0.15) is 13.8 Å². The minimum absolute atomic E-state index is 0.116. The van der Waals surface area contributed by atoms with Crippen LogP contribution in [0.2, 0.25) is 0 Å². The third-order valence-electron chi connectivity index (χ3n) is 3.06. The largest absolute Gasteiger partial charge is 0.465 e. The zero-order chi connectivity index (χ0) is 17.6. The molecule has 10 nitrogen and oxygen atoms in total. The van der Waals surface area contributed by atoms with Gasteiger partial charge >= 0.3 is 5.97 Å². The Kier molecular flexibility index (Phi) is 7.23. The summed E-state index contributed by atoms with van der Waals surface area (Å²) in [7, 11) is 0. The van der Waals surface area contributed by atoms with Crippen molar-refractivity contribution in [2.45, 2.75) is 38.4 Å². The number of carbonyl (C=O) groups excluding carboxylic acids is 2. The summed E-state index contributed by atoms with van der Waals surface area (Å²) in [6, 6.07) is 0. The highest BCUT2D eigenvalue weighted by Gasteiger charge is 2.42. The molecule has 5 atom stereocenters. The number of ether oxygens (including phenoxy) is 2. The number of esters is 1. The zero-order valence-electron chi connectivity index (χ0n) is 12.8. The number of hydrogen-bond acceptors (Lipinski definition) is 8. The van der Waals surface area contributed by atoms with Crippen molar-refractivity contribution >= 4 is 23.9 Å². The fraction of sp³-hybridized carbons (Fsp3) is 0.692. The smallest absolute Gasteiger partial charge is 0.302 e. The van der Waals surface area contributed by atoms with E-state index in [4.69, 9.17) is 20.3 Å². The molecule has 1 heterocycles. The van der Waals surface area contributed by atoms with Crippen LogP contribution in [-0.4, -0.2) is 77.0 Å². The lowest BCUT2D eigenvalue weighted by Gasteiger charge is -2.14. The van der Waals surface area contributed by atoms with E-state index >= 15 is 0 Å². The summed E-state index contributed by atoms with van der Waals surface area (Å²) >= 11 is 0. The van der Waals surface area contributed by atoms with Crippen molar-refractivity contribution in [3.8, 4) is 0 Å². The molecule has 23 heavy (non-hydrogen) atoms. The number of nitrogens with zero attached hydrogens (tertiary/aromatic N) is 2. The number of carbonyl (C=O) groups is 2. The molecule has 0 spiro atoms. The van der Waals surface area contributed by atoms with E-state index in [0.717, 1.165) is 0 Å². The van der Waals surface area contributed by atoms with Crippen LogP contribution in [0.3, 0.4) is 0 Å². The summed E-state index contributed by atoms with van der Waals surface area (Å²) in [6.45, 7) is 1.74. The molecule has 10 heteroatoms. The average molecular weight is 331 g/mol. The zero-order valence-corrected chi connectivity index (χ0v) is 12.8. The molecule has 0 bridgehead atoms. The molecular formula is C13H21N3O7. The Morgan fingerprint density at radius 1 is 1.35 bits per heavy atom. The van der Waals surface area contributed by atoms with E-state index < -0.39 is 48.9 Å². The number of aliphatic imine (C=N–C) groups is 2. The molecule has 1 rings (SSSR count). The van der Waals surface area contributed by atoms with Crippen molar-refractivity contribution in [3.05, 3.63) is 0 Å². The van der Waals surface area contributed by atoms with Crippen LogP contribution in [0.25, 0.3) is 0 Å². The van der Waals surface area contributed by atoms with Crippen LogP contribution in [0.4, 0.5) is 0 Å². The SMILES string of the molecule is CC(=O)N=C(N)C(C=NC1OC(CO)C(O)C1O)COC(C)=O. The van der Waals surface area contributed by atoms with Gasteiger partial charge in [0, 0.05) is 20.1 Å². The Hall–Kier alpha value is -1.88. The summed E-state index contributed by atoms with van der Waals surface area (Å²) in [6.07, 6.45) is -3.47. The Bertz CT molecular complexity index is 494. The van der Waals surface area contributed by atoms with Gasteiger partial charge in [-0.2, -0.15) is 0 Å². The number of nitrogens with two attached hydrogens (primary N) is 1. The minimum Gasteiger partial charge on any atom is -0.465 e. The molecule has 1 amide bonds. The van der Waals surface area contributed by atoms with Gasteiger partial charge in [-0.05, 0) is 0 Å². The predicted molar refractivity (Wildman–Crippen MR) is 78.7 cm³/mol. The van der Waals surface area contributed by atoms with E-state index in [2.05, 4.69) is 9.98 Å². The second kappa shape index (κ2) is 8.67. The van der Waals surface area contributed by atoms with E-state index in [1.54, 1.807) is 0 Å². The second-order valence-corrected chi connectivity index (χ2v) is 4.99.